The average Bonchev–Trinajstić information content (AvgIpc) is 2.46. The predicted octanol–water partition coefficient (Wildman–Crippen LogP) is 5.72. The molecular formula is C16H17ClOS. The average molecular weight is 293 g/mol. The lowest BCUT2D eigenvalue weighted by atomic mass is 10.2. The first-order valence-corrected chi connectivity index (χ1v) is 7.89. The Bertz CT molecular complexity index is 510. The Morgan fingerprint density at radius 3 is 2.53 bits per heavy atom. The van der Waals surface area contributed by atoms with E-state index in [4.69, 9.17) is 16.3 Å². The van der Waals surface area contributed by atoms with Gasteiger partial charge in [0.2, 0.25) is 0 Å². The summed E-state index contributed by atoms with van der Waals surface area (Å²) in [6.07, 6.45) is 1.18. The van der Waals surface area contributed by atoms with Crippen LogP contribution in [0.4, 0.5) is 0 Å². The van der Waals surface area contributed by atoms with Gasteiger partial charge in [-0.05, 0) is 48.1 Å². The van der Waals surface area contributed by atoms with Crippen LogP contribution in [-0.2, 0) is 5.88 Å². The second-order valence-electron chi connectivity index (χ2n) is 4.20. The van der Waals surface area contributed by atoms with Crippen molar-refractivity contribution in [3.8, 4) is 11.5 Å². The highest BCUT2D eigenvalue weighted by Crippen LogP contribution is 2.27. The lowest BCUT2D eigenvalue weighted by Gasteiger charge is -2.08. The standard InChI is InChI=1S/C16H17ClOS/c1-2-10-19-16-5-3-4-15(11-16)18-14-8-6-13(12-17)7-9-14/h3-9,11H,2,10,12H2,1H3. The molecule has 3 heteroatoms. The summed E-state index contributed by atoms with van der Waals surface area (Å²) >= 11 is 7.62. The number of thioether (sulfide) groups is 1. The van der Waals surface area contributed by atoms with Gasteiger partial charge >= 0.3 is 0 Å². The zero-order chi connectivity index (χ0) is 13.5. The Morgan fingerprint density at radius 2 is 1.84 bits per heavy atom. The van der Waals surface area contributed by atoms with E-state index < -0.39 is 0 Å². The van der Waals surface area contributed by atoms with Crippen molar-refractivity contribution in [1.29, 1.82) is 0 Å². The largest absolute Gasteiger partial charge is 0.457 e. The van der Waals surface area contributed by atoms with E-state index >= 15 is 0 Å². The summed E-state index contributed by atoms with van der Waals surface area (Å²) in [6.45, 7) is 2.19. The molecule has 2 aromatic rings. The first-order chi connectivity index (χ1) is 9.31. The molecule has 0 spiro atoms. The fourth-order valence-corrected chi connectivity index (χ4v) is 2.62. The molecule has 0 aromatic heterocycles. The Hall–Kier alpha value is -1.12. The van der Waals surface area contributed by atoms with Crippen molar-refractivity contribution >= 4 is 23.4 Å². The molecule has 2 aromatic carbocycles. The molecule has 0 bridgehead atoms. The second kappa shape index (κ2) is 7.46. The number of rotatable bonds is 6. The van der Waals surface area contributed by atoms with Gasteiger partial charge in [0.1, 0.15) is 11.5 Å². The number of ether oxygens (including phenoxy) is 1. The highest BCUT2D eigenvalue weighted by atomic mass is 35.5. The van der Waals surface area contributed by atoms with Crippen LogP contribution in [0.5, 0.6) is 11.5 Å². The topological polar surface area (TPSA) is 9.23 Å². The molecular weight excluding hydrogens is 276 g/mol. The summed E-state index contributed by atoms with van der Waals surface area (Å²) in [4.78, 5) is 1.25. The molecule has 0 amide bonds. The van der Waals surface area contributed by atoms with Crippen molar-refractivity contribution in [3.05, 3.63) is 54.1 Å². The van der Waals surface area contributed by atoms with Crippen LogP contribution in [0.3, 0.4) is 0 Å². The van der Waals surface area contributed by atoms with Gasteiger partial charge in [0.15, 0.2) is 0 Å². The molecule has 19 heavy (non-hydrogen) atoms. The monoisotopic (exact) mass is 292 g/mol. The first-order valence-electron chi connectivity index (χ1n) is 6.37. The minimum Gasteiger partial charge on any atom is -0.457 e. The molecule has 0 heterocycles. The van der Waals surface area contributed by atoms with Crippen molar-refractivity contribution in [2.45, 2.75) is 24.1 Å². The summed E-state index contributed by atoms with van der Waals surface area (Å²) in [5.74, 6) is 3.38. The minimum atomic E-state index is 0.531. The number of benzene rings is 2. The van der Waals surface area contributed by atoms with Gasteiger partial charge < -0.3 is 4.74 Å². The Balaban J connectivity index is 2.05. The molecule has 2 rings (SSSR count). The first kappa shape index (κ1) is 14.3. The summed E-state index contributed by atoms with van der Waals surface area (Å²) in [6, 6.07) is 16.1. The maximum absolute atomic E-state index is 5.84. The van der Waals surface area contributed by atoms with E-state index in [-0.39, 0.29) is 0 Å². The van der Waals surface area contributed by atoms with Gasteiger partial charge in [-0.15, -0.1) is 23.4 Å². The van der Waals surface area contributed by atoms with Crippen LogP contribution < -0.4 is 4.74 Å². The van der Waals surface area contributed by atoms with Gasteiger partial charge in [0.25, 0.3) is 0 Å². The molecule has 1 nitrogen and oxygen atoms in total. The molecule has 0 unspecified atom stereocenters. The molecule has 0 saturated heterocycles. The molecule has 0 aliphatic rings. The molecule has 0 aliphatic carbocycles. The molecule has 0 N–H and O–H groups in total. The van der Waals surface area contributed by atoms with E-state index in [0.29, 0.717) is 5.88 Å². The van der Waals surface area contributed by atoms with E-state index in [1.54, 1.807) is 0 Å². The van der Waals surface area contributed by atoms with Crippen molar-refractivity contribution < 1.29 is 4.74 Å². The molecule has 0 saturated carbocycles. The maximum atomic E-state index is 5.84. The van der Waals surface area contributed by atoms with Gasteiger partial charge in [-0.2, -0.15) is 0 Å². The Morgan fingerprint density at radius 1 is 1.05 bits per heavy atom. The summed E-state index contributed by atoms with van der Waals surface area (Å²) in [7, 11) is 0. The smallest absolute Gasteiger partial charge is 0.128 e. The summed E-state index contributed by atoms with van der Waals surface area (Å²) < 4.78 is 5.84. The third-order valence-corrected chi connectivity index (χ3v) is 4.10. The lowest BCUT2D eigenvalue weighted by Crippen LogP contribution is -1.85. The number of alkyl halides is 1. The van der Waals surface area contributed by atoms with Crippen molar-refractivity contribution in [2.75, 3.05) is 5.75 Å². The summed E-state index contributed by atoms with van der Waals surface area (Å²) in [5, 5.41) is 0. The predicted molar refractivity (Wildman–Crippen MR) is 83.5 cm³/mol. The van der Waals surface area contributed by atoms with Crippen molar-refractivity contribution in [3.63, 3.8) is 0 Å². The molecule has 0 aliphatic heterocycles. The number of hydrogen-bond donors (Lipinski definition) is 0. The van der Waals surface area contributed by atoms with Gasteiger partial charge in [0, 0.05) is 10.8 Å². The normalized spacial score (nSPS) is 10.4. The fourth-order valence-electron chi connectivity index (χ4n) is 1.63. The summed E-state index contributed by atoms with van der Waals surface area (Å²) in [5.41, 5.74) is 1.10. The second-order valence-corrected chi connectivity index (χ2v) is 5.64. The van der Waals surface area contributed by atoms with Crippen LogP contribution in [0.2, 0.25) is 0 Å². The van der Waals surface area contributed by atoms with Gasteiger partial charge in [-0.1, -0.05) is 25.1 Å². The number of hydrogen-bond acceptors (Lipinski definition) is 2. The van der Waals surface area contributed by atoms with Gasteiger partial charge in [0.05, 0.1) is 0 Å². The quantitative estimate of drug-likeness (QED) is 0.497. The van der Waals surface area contributed by atoms with Gasteiger partial charge in [-0.25, -0.2) is 0 Å². The fraction of sp³-hybridized carbons (Fsp3) is 0.250. The zero-order valence-electron chi connectivity index (χ0n) is 10.9. The van der Waals surface area contributed by atoms with E-state index in [1.807, 2.05) is 48.2 Å². The Kier molecular flexibility index (Phi) is 5.62. The molecule has 100 valence electrons. The zero-order valence-corrected chi connectivity index (χ0v) is 12.5. The SMILES string of the molecule is CCCSc1cccc(Oc2ccc(CCl)cc2)c1. The third kappa shape index (κ3) is 4.48. The van der Waals surface area contributed by atoms with Crippen molar-refractivity contribution in [2.24, 2.45) is 0 Å². The Labute approximate surface area is 123 Å². The lowest BCUT2D eigenvalue weighted by molar-refractivity contribution is 0.481. The molecule has 0 radical (unpaired) electrons. The van der Waals surface area contributed by atoms with E-state index in [1.165, 1.54) is 11.3 Å². The van der Waals surface area contributed by atoms with Crippen LogP contribution >= 0.6 is 23.4 Å². The maximum Gasteiger partial charge on any atom is 0.128 e. The van der Waals surface area contributed by atoms with Crippen LogP contribution in [0.1, 0.15) is 18.9 Å². The minimum absolute atomic E-state index is 0.531. The van der Waals surface area contributed by atoms with E-state index in [0.717, 1.165) is 22.8 Å². The van der Waals surface area contributed by atoms with Crippen LogP contribution in [0.15, 0.2) is 53.4 Å². The highest BCUT2D eigenvalue weighted by molar-refractivity contribution is 7.99. The number of halogens is 1. The van der Waals surface area contributed by atoms with Crippen LogP contribution in [0.25, 0.3) is 0 Å². The molecule has 0 fully saturated rings. The molecule has 0 atom stereocenters. The van der Waals surface area contributed by atoms with Crippen molar-refractivity contribution in [1.82, 2.24) is 0 Å². The van der Waals surface area contributed by atoms with E-state index in [2.05, 4.69) is 19.1 Å². The highest BCUT2D eigenvalue weighted by Gasteiger charge is 2.00. The van der Waals surface area contributed by atoms with E-state index in [9.17, 15) is 0 Å². The van der Waals surface area contributed by atoms with Crippen LogP contribution in [0, 0.1) is 0 Å². The van der Waals surface area contributed by atoms with Gasteiger partial charge in [-0.3, -0.25) is 0 Å². The third-order valence-electron chi connectivity index (χ3n) is 2.59. The van der Waals surface area contributed by atoms with Crippen LogP contribution in [-0.4, -0.2) is 5.75 Å².